The van der Waals surface area contributed by atoms with Crippen molar-refractivity contribution in [3.05, 3.63) is 64.4 Å². The summed E-state index contributed by atoms with van der Waals surface area (Å²) in [4.78, 5) is 30.7. The van der Waals surface area contributed by atoms with Crippen molar-refractivity contribution in [3.63, 3.8) is 0 Å². The number of halogens is 1. The van der Waals surface area contributed by atoms with Crippen molar-refractivity contribution in [2.75, 3.05) is 23.8 Å². The molecule has 0 bridgehead atoms. The molecule has 158 valence electrons. The number of rotatable bonds is 4. The molecule has 2 aliphatic rings. The third kappa shape index (κ3) is 3.96. The van der Waals surface area contributed by atoms with Crippen molar-refractivity contribution in [1.29, 1.82) is 0 Å². The molecular formula is C22H18FN3O4S. The van der Waals surface area contributed by atoms with Gasteiger partial charge in [0.15, 0.2) is 16.6 Å². The van der Waals surface area contributed by atoms with Crippen molar-refractivity contribution in [2.45, 2.75) is 18.8 Å². The maximum Gasteiger partial charge on any atom is 0.257 e. The molecule has 1 aromatic heterocycles. The van der Waals surface area contributed by atoms with Crippen LogP contribution in [0, 0.1) is 5.82 Å². The van der Waals surface area contributed by atoms with Gasteiger partial charge in [-0.15, -0.1) is 11.3 Å². The van der Waals surface area contributed by atoms with Crippen molar-refractivity contribution in [3.8, 4) is 11.5 Å². The first-order valence-electron chi connectivity index (χ1n) is 9.84. The summed E-state index contributed by atoms with van der Waals surface area (Å²) in [5, 5.41) is 6.08. The Hall–Kier alpha value is -3.46. The van der Waals surface area contributed by atoms with E-state index in [9.17, 15) is 14.0 Å². The fraction of sp³-hybridized carbons (Fsp3) is 0.227. The summed E-state index contributed by atoms with van der Waals surface area (Å²) in [6.45, 7) is 0.981. The number of amides is 2. The van der Waals surface area contributed by atoms with Crippen LogP contribution in [-0.2, 0) is 11.2 Å². The number of anilines is 2. The topological polar surface area (TPSA) is 89.6 Å². The predicted octanol–water partition coefficient (Wildman–Crippen LogP) is 3.97. The zero-order valence-electron chi connectivity index (χ0n) is 16.3. The van der Waals surface area contributed by atoms with Crippen LogP contribution in [0.25, 0.3) is 0 Å². The van der Waals surface area contributed by atoms with Gasteiger partial charge < -0.3 is 14.8 Å². The number of benzene rings is 2. The Kier molecular flexibility index (Phi) is 5.03. The smallest absolute Gasteiger partial charge is 0.257 e. The lowest BCUT2D eigenvalue weighted by atomic mass is 10.1. The lowest BCUT2D eigenvalue weighted by Gasteiger charge is -2.19. The molecule has 1 aliphatic heterocycles. The van der Waals surface area contributed by atoms with E-state index >= 15 is 0 Å². The SMILES string of the molecule is O=C(Nc1nc2c(s1)CCC2C(=O)Nc1ccc2c(c1)OCCO2)c1ccc(F)cc1. The van der Waals surface area contributed by atoms with Gasteiger partial charge in [0.25, 0.3) is 5.91 Å². The lowest BCUT2D eigenvalue weighted by Crippen LogP contribution is -2.20. The van der Waals surface area contributed by atoms with Gasteiger partial charge in [0.1, 0.15) is 19.0 Å². The molecule has 2 heterocycles. The number of hydrogen-bond donors (Lipinski definition) is 2. The maximum atomic E-state index is 13.1. The molecule has 2 N–H and O–H groups in total. The maximum absolute atomic E-state index is 13.1. The molecule has 0 radical (unpaired) electrons. The van der Waals surface area contributed by atoms with Crippen LogP contribution in [0.5, 0.6) is 11.5 Å². The van der Waals surface area contributed by atoms with E-state index in [0.717, 1.165) is 11.3 Å². The van der Waals surface area contributed by atoms with E-state index in [4.69, 9.17) is 9.47 Å². The van der Waals surface area contributed by atoms with Gasteiger partial charge in [0.2, 0.25) is 5.91 Å². The minimum absolute atomic E-state index is 0.155. The molecule has 0 fully saturated rings. The fourth-order valence-electron chi connectivity index (χ4n) is 3.66. The number of carbonyl (C=O) groups is 2. The minimum Gasteiger partial charge on any atom is -0.486 e. The van der Waals surface area contributed by atoms with E-state index in [0.29, 0.717) is 53.2 Å². The Bertz CT molecular complexity index is 1160. The van der Waals surface area contributed by atoms with E-state index in [1.54, 1.807) is 18.2 Å². The monoisotopic (exact) mass is 439 g/mol. The highest BCUT2D eigenvalue weighted by atomic mass is 32.1. The van der Waals surface area contributed by atoms with Crippen molar-refractivity contribution in [1.82, 2.24) is 4.98 Å². The summed E-state index contributed by atoms with van der Waals surface area (Å²) < 4.78 is 24.1. The molecule has 5 rings (SSSR count). The summed E-state index contributed by atoms with van der Waals surface area (Å²) >= 11 is 1.36. The molecule has 3 aromatic rings. The third-order valence-electron chi connectivity index (χ3n) is 5.17. The predicted molar refractivity (Wildman–Crippen MR) is 114 cm³/mol. The molecule has 0 saturated carbocycles. The summed E-state index contributed by atoms with van der Waals surface area (Å²) in [6, 6.07) is 10.6. The van der Waals surface area contributed by atoms with Crippen LogP contribution in [-0.4, -0.2) is 30.0 Å². The normalized spacial score (nSPS) is 16.5. The standard InChI is InChI=1S/C22H18FN3O4S/c23-13-3-1-12(2-4-13)20(27)26-22-25-19-15(6-8-18(19)31-22)21(28)24-14-5-7-16-17(11-14)30-10-9-29-16/h1-5,7,11,15H,6,8-10H2,(H,24,28)(H,25,26,27). The average molecular weight is 439 g/mol. The molecular weight excluding hydrogens is 421 g/mol. The molecule has 0 spiro atoms. The summed E-state index contributed by atoms with van der Waals surface area (Å²) in [5.41, 5.74) is 1.65. The number of carbonyl (C=O) groups excluding carboxylic acids is 2. The van der Waals surface area contributed by atoms with Gasteiger partial charge in [0, 0.05) is 22.2 Å². The number of ether oxygens (including phenoxy) is 2. The molecule has 0 saturated heterocycles. The summed E-state index contributed by atoms with van der Waals surface area (Å²) in [7, 11) is 0. The highest BCUT2D eigenvalue weighted by molar-refractivity contribution is 7.16. The van der Waals surface area contributed by atoms with Crippen molar-refractivity contribution >= 4 is 34.0 Å². The van der Waals surface area contributed by atoms with Gasteiger partial charge >= 0.3 is 0 Å². The Morgan fingerprint density at radius 1 is 1.03 bits per heavy atom. The number of hydrogen-bond acceptors (Lipinski definition) is 6. The van der Waals surface area contributed by atoms with Crippen LogP contribution < -0.4 is 20.1 Å². The number of aryl methyl sites for hydroxylation is 1. The highest BCUT2D eigenvalue weighted by Crippen LogP contribution is 2.39. The van der Waals surface area contributed by atoms with Gasteiger partial charge in [-0.3, -0.25) is 14.9 Å². The number of aromatic nitrogens is 1. The molecule has 1 aliphatic carbocycles. The van der Waals surface area contributed by atoms with Gasteiger partial charge in [-0.2, -0.15) is 0 Å². The number of fused-ring (bicyclic) bond motifs is 2. The Labute approximate surface area is 181 Å². The largest absolute Gasteiger partial charge is 0.486 e. The fourth-order valence-corrected chi connectivity index (χ4v) is 4.69. The minimum atomic E-state index is -0.406. The van der Waals surface area contributed by atoms with E-state index in [1.165, 1.54) is 35.6 Å². The van der Waals surface area contributed by atoms with E-state index < -0.39 is 11.7 Å². The molecule has 1 unspecified atom stereocenters. The van der Waals surface area contributed by atoms with E-state index in [2.05, 4.69) is 15.6 Å². The lowest BCUT2D eigenvalue weighted by molar-refractivity contribution is -0.117. The number of nitrogens with zero attached hydrogens (tertiary/aromatic N) is 1. The average Bonchev–Trinajstić information content (AvgIpc) is 3.34. The van der Waals surface area contributed by atoms with E-state index in [-0.39, 0.29) is 11.8 Å². The highest BCUT2D eigenvalue weighted by Gasteiger charge is 2.33. The zero-order valence-corrected chi connectivity index (χ0v) is 17.1. The molecule has 1 atom stereocenters. The second-order valence-corrected chi connectivity index (χ2v) is 8.31. The molecule has 7 nitrogen and oxygen atoms in total. The first kappa shape index (κ1) is 19.5. The van der Waals surface area contributed by atoms with Gasteiger partial charge in [0.05, 0.1) is 11.6 Å². The Morgan fingerprint density at radius 2 is 1.81 bits per heavy atom. The van der Waals surface area contributed by atoms with Gasteiger partial charge in [-0.1, -0.05) is 0 Å². The second-order valence-electron chi connectivity index (χ2n) is 7.23. The Balaban J connectivity index is 1.28. The van der Waals surface area contributed by atoms with E-state index in [1.807, 2.05) is 0 Å². The molecule has 2 amide bonds. The second kappa shape index (κ2) is 7.99. The quantitative estimate of drug-likeness (QED) is 0.642. The van der Waals surface area contributed by atoms with Crippen molar-refractivity contribution in [2.24, 2.45) is 0 Å². The number of nitrogens with one attached hydrogen (secondary N) is 2. The first-order chi connectivity index (χ1) is 15.1. The van der Waals surface area contributed by atoms with Crippen LogP contribution in [0.4, 0.5) is 15.2 Å². The van der Waals surface area contributed by atoms with Crippen LogP contribution >= 0.6 is 11.3 Å². The summed E-state index contributed by atoms with van der Waals surface area (Å²) in [6.07, 6.45) is 1.38. The van der Waals surface area contributed by atoms with Crippen LogP contribution in [0.3, 0.4) is 0 Å². The van der Waals surface area contributed by atoms with Crippen LogP contribution in [0.15, 0.2) is 42.5 Å². The molecule has 9 heteroatoms. The Morgan fingerprint density at radius 3 is 2.61 bits per heavy atom. The zero-order chi connectivity index (χ0) is 21.4. The van der Waals surface area contributed by atoms with Gasteiger partial charge in [-0.25, -0.2) is 9.37 Å². The van der Waals surface area contributed by atoms with Crippen molar-refractivity contribution < 1.29 is 23.5 Å². The molecule has 31 heavy (non-hydrogen) atoms. The molecule has 2 aromatic carbocycles. The first-order valence-corrected chi connectivity index (χ1v) is 10.7. The van der Waals surface area contributed by atoms with Gasteiger partial charge in [-0.05, 0) is 49.2 Å². The van der Waals surface area contributed by atoms with Crippen LogP contribution in [0.2, 0.25) is 0 Å². The summed E-state index contributed by atoms with van der Waals surface area (Å²) in [5.74, 6) is -0.0570. The number of thiazole rings is 1. The van der Waals surface area contributed by atoms with Crippen LogP contribution in [0.1, 0.15) is 33.3 Å². The third-order valence-corrected chi connectivity index (χ3v) is 6.22.